The summed E-state index contributed by atoms with van der Waals surface area (Å²) in [5, 5.41) is 0. The van der Waals surface area contributed by atoms with Gasteiger partial charge in [-0.2, -0.15) is 0 Å². The average Bonchev–Trinajstić information content (AvgIpc) is 2.64. The quantitative estimate of drug-likeness (QED) is 0.415. The molecule has 0 heterocycles. The number of unbranched alkanes of at least 4 members (excludes halogenated alkanes) is 2. The van der Waals surface area contributed by atoms with E-state index in [9.17, 15) is 0 Å². The van der Waals surface area contributed by atoms with Gasteiger partial charge in [0.05, 0.1) is 0 Å². The molecule has 0 fully saturated rings. The van der Waals surface area contributed by atoms with E-state index in [1.54, 1.807) is 0 Å². The van der Waals surface area contributed by atoms with Gasteiger partial charge in [0.15, 0.2) is 0 Å². The van der Waals surface area contributed by atoms with Crippen LogP contribution in [0, 0.1) is 5.92 Å². The first kappa shape index (κ1) is 19.6. The molecule has 0 unspecified atom stereocenters. The summed E-state index contributed by atoms with van der Waals surface area (Å²) in [6.07, 6.45) is 7.45. The molecule has 1 nitrogen and oxygen atoms in total. The van der Waals surface area contributed by atoms with Crippen LogP contribution in [0.25, 0.3) is 0 Å². The van der Waals surface area contributed by atoms with Gasteiger partial charge in [-0.25, -0.2) is 0 Å². The zero-order chi connectivity index (χ0) is 18.1. The SMILES string of the molecule is CCc1cccc(N(CCCCCC(C)C)c2ccccc2)c1CC. The Balaban J connectivity index is 2.21. The van der Waals surface area contributed by atoms with Crippen molar-refractivity contribution in [3.63, 3.8) is 0 Å². The highest BCUT2D eigenvalue weighted by Crippen LogP contribution is 2.31. The first-order valence-corrected chi connectivity index (χ1v) is 10.1. The molecule has 0 aliphatic carbocycles. The molecule has 0 aliphatic heterocycles. The minimum Gasteiger partial charge on any atom is -0.341 e. The lowest BCUT2D eigenvalue weighted by Crippen LogP contribution is -2.20. The third-order valence-corrected chi connectivity index (χ3v) is 5.00. The molecule has 0 saturated carbocycles. The molecule has 0 aliphatic rings. The second kappa shape index (κ2) is 10.3. The molecule has 0 spiro atoms. The molecule has 2 aromatic rings. The van der Waals surface area contributed by atoms with E-state index >= 15 is 0 Å². The highest BCUT2D eigenvalue weighted by molar-refractivity contribution is 5.67. The smallest absolute Gasteiger partial charge is 0.0445 e. The summed E-state index contributed by atoms with van der Waals surface area (Å²) in [5.74, 6) is 0.818. The van der Waals surface area contributed by atoms with E-state index in [1.165, 1.54) is 48.2 Å². The van der Waals surface area contributed by atoms with E-state index in [-0.39, 0.29) is 0 Å². The Bertz CT molecular complexity index is 615. The van der Waals surface area contributed by atoms with Gasteiger partial charge >= 0.3 is 0 Å². The van der Waals surface area contributed by atoms with Crippen LogP contribution in [-0.4, -0.2) is 6.54 Å². The van der Waals surface area contributed by atoms with Gasteiger partial charge in [0, 0.05) is 17.9 Å². The Labute approximate surface area is 155 Å². The third kappa shape index (κ3) is 5.63. The van der Waals surface area contributed by atoms with Crippen LogP contribution >= 0.6 is 0 Å². The van der Waals surface area contributed by atoms with Crippen molar-refractivity contribution in [1.82, 2.24) is 0 Å². The molecule has 136 valence electrons. The normalized spacial score (nSPS) is 11.1. The van der Waals surface area contributed by atoms with E-state index in [0.717, 1.165) is 25.3 Å². The first-order valence-electron chi connectivity index (χ1n) is 10.1. The summed E-state index contributed by atoms with van der Waals surface area (Å²) < 4.78 is 0. The molecule has 0 aromatic heterocycles. The van der Waals surface area contributed by atoms with Gasteiger partial charge < -0.3 is 4.90 Å². The van der Waals surface area contributed by atoms with E-state index in [2.05, 4.69) is 81.1 Å². The zero-order valence-electron chi connectivity index (χ0n) is 16.6. The van der Waals surface area contributed by atoms with Crippen molar-refractivity contribution in [1.29, 1.82) is 0 Å². The number of hydrogen-bond acceptors (Lipinski definition) is 1. The number of nitrogens with zero attached hydrogens (tertiary/aromatic N) is 1. The fraction of sp³-hybridized carbons (Fsp3) is 0.500. The fourth-order valence-corrected chi connectivity index (χ4v) is 3.61. The predicted molar refractivity (Wildman–Crippen MR) is 112 cm³/mol. The van der Waals surface area contributed by atoms with Gasteiger partial charge in [-0.15, -0.1) is 0 Å². The van der Waals surface area contributed by atoms with Gasteiger partial charge in [0.1, 0.15) is 0 Å². The summed E-state index contributed by atoms with van der Waals surface area (Å²) in [6, 6.07) is 17.7. The molecular formula is C24H35N. The Morgan fingerprint density at radius 1 is 0.800 bits per heavy atom. The van der Waals surface area contributed by atoms with Crippen LogP contribution in [0.1, 0.15) is 64.5 Å². The van der Waals surface area contributed by atoms with Crippen molar-refractivity contribution >= 4 is 11.4 Å². The van der Waals surface area contributed by atoms with E-state index in [1.807, 2.05) is 0 Å². The summed E-state index contributed by atoms with van der Waals surface area (Å²) in [4.78, 5) is 2.54. The number of benzene rings is 2. The molecule has 25 heavy (non-hydrogen) atoms. The second-order valence-electron chi connectivity index (χ2n) is 7.35. The van der Waals surface area contributed by atoms with Crippen molar-refractivity contribution in [2.24, 2.45) is 5.92 Å². The molecule has 0 saturated heterocycles. The Morgan fingerprint density at radius 3 is 2.20 bits per heavy atom. The van der Waals surface area contributed by atoms with Gasteiger partial charge in [-0.1, -0.05) is 77.3 Å². The summed E-state index contributed by atoms with van der Waals surface area (Å²) in [5.41, 5.74) is 5.71. The van der Waals surface area contributed by atoms with Gasteiger partial charge in [-0.05, 0) is 54.5 Å². The molecule has 2 aromatic carbocycles. The van der Waals surface area contributed by atoms with Crippen LogP contribution in [-0.2, 0) is 12.8 Å². The van der Waals surface area contributed by atoms with Gasteiger partial charge in [0.25, 0.3) is 0 Å². The molecular weight excluding hydrogens is 302 g/mol. The zero-order valence-corrected chi connectivity index (χ0v) is 16.6. The monoisotopic (exact) mass is 337 g/mol. The topological polar surface area (TPSA) is 3.24 Å². The largest absolute Gasteiger partial charge is 0.341 e. The van der Waals surface area contributed by atoms with Crippen LogP contribution in [0.2, 0.25) is 0 Å². The number of rotatable bonds is 10. The molecule has 0 N–H and O–H groups in total. The van der Waals surface area contributed by atoms with Gasteiger partial charge in [-0.3, -0.25) is 0 Å². The molecule has 0 amide bonds. The fourth-order valence-electron chi connectivity index (χ4n) is 3.61. The molecule has 2 rings (SSSR count). The highest BCUT2D eigenvalue weighted by Gasteiger charge is 2.14. The Kier molecular flexibility index (Phi) is 8.04. The molecule has 1 heteroatoms. The van der Waals surface area contributed by atoms with Crippen LogP contribution in [0.4, 0.5) is 11.4 Å². The second-order valence-corrected chi connectivity index (χ2v) is 7.35. The average molecular weight is 338 g/mol. The maximum atomic E-state index is 2.54. The lowest BCUT2D eigenvalue weighted by molar-refractivity contribution is 0.528. The Morgan fingerprint density at radius 2 is 1.56 bits per heavy atom. The Hall–Kier alpha value is -1.76. The number of hydrogen-bond donors (Lipinski definition) is 0. The van der Waals surface area contributed by atoms with E-state index < -0.39 is 0 Å². The van der Waals surface area contributed by atoms with Crippen LogP contribution in [0.15, 0.2) is 48.5 Å². The molecule has 0 atom stereocenters. The highest BCUT2D eigenvalue weighted by atomic mass is 15.1. The molecule has 0 bridgehead atoms. The number of aryl methyl sites for hydroxylation is 1. The van der Waals surface area contributed by atoms with Gasteiger partial charge in [0.2, 0.25) is 0 Å². The number of anilines is 2. The summed E-state index contributed by atoms with van der Waals surface area (Å²) >= 11 is 0. The van der Waals surface area contributed by atoms with Crippen LogP contribution < -0.4 is 4.90 Å². The minimum absolute atomic E-state index is 0.818. The van der Waals surface area contributed by atoms with Crippen molar-refractivity contribution in [3.8, 4) is 0 Å². The van der Waals surface area contributed by atoms with E-state index in [4.69, 9.17) is 0 Å². The summed E-state index contributed by atoms with van der Waals surface area (Å²) in [6.45, 7) is 10.3. The van der Waals surface area contributed by atoms with E-state index in [0.29, 0.717) is 0 Å². The minimum atomic E-state index is 0.818. The predicted octanol–water partition coefficient (Wildman–Crippen LogP) is 7.17. The third-order valence-electron chi connectivity index (χ3n) is 5.00. The number of para-hydroxylation sites is 1. The molecule has 0 radical (unpaired) electrons. The van der Waals surface area contributed by atoms with Crippen LogP contribution in [0.3, 0.4) is 0 Å². The maximum absolute atomic E-state index is 2.54. The van der Waals surface area contributed by atoms with Crippen molar-refractivity contribution < 1.29 is 0 Å². The van der Waals surface area contributed by atoms with Crippen molar-refractivity contribution in [2.75, 3.05) is 11.4 Å². The van der Waals surface area contributed by atoms with Crippen molar-refractivity contribution in [2.45, 2.75) is 66.2 Å². The first-order chi connectivity index (χ1) is 12.2. The maximum Gasteiger partial charge on any atom is 0.0445 e. The van der Waals surface area contributed by atoms with Crippen molar-refractivity contribution in [3.05, 3.63) is 59.7 Å². The van der Waals surface area contributed by atoms with Crippen LogP contribution in [0.5, 0.6) is 0 Å². The lowest BCUT2D eigenvalue weighted by atomic mass is 9.99. The standard InChI is InChI=1S/C24H35N/c1-5-21-15-13-18-24(23(21)6-2)25(22-16-10-7-11-17-22)19-12-8-9-14-20(3)4/h7,10-11,13,15-18,20H,5-6,8-9,12,14,19H2,1-4H3. The summed E-state index contributed by atoms with van der Waals surface area (Å²) in [7, 11) is 0. The lowest BCUT2D eigenvalue weighted by Gasteiger charge is -2.28.